The Morgan fingerprint density at radius 2 is 2.54 bits per heavy atom. The van der Waals surface area contributed by atoms with Gasteiger partial charge >= 0.3 is 0 Å². The van der Waals surface area contributed by atoms with Crippen molar-refractivity contribution in [2.75, 3.05) is 6.61 Å². The molecule has 0 aliphatic carbocycles. The molecular weight excluding hydrogens is 164 g/mol. The van der Waals surface area contributed by atoms with Gasteiger partial charge in [0.2, 0.25) is 0 Å². The molecule has 1 aromatic heterocycles. The highest BCUT2D eigenvalue weighted by atomic mass is 16.6. The van der Waals surface area contributed by atoms with Gasteiger partial charge in [0, 0.05) is 18.0 Å². The van der Waals surface area contributed by atoms with Crippen LogP contribution in [0.4, 0.5) is 0 Å². The number of nitrogens with zero attached hydrogens (tertiary/aromatic N) is 2. The molecule has 68 valence electrons. The minimum atomic E-state index is 0.431. The standard InChI is InChI=1S/C10H12N2O/c1-3-6-13-12-8-10-4-5-11-7-9(10)2/h3-5,7-8H,1,6H2,2H3/b12-8+. The summed E-state index contributed by atoms with van der Waals surface area (Å²) in [5.41, 5.74) is 2.09. The van der Waals surface area contributed by atoms with Crippen LogP contribution in [-0.4, -0.2) is 17.8 Å². The molecule has 0 saturated carbocycles. The van der Waals surface area contributed by atoms with Gasteiger partial charge in [0.05, 0.1) is 6.21 Å². The van der Waals surface area contributed by atoms with Crippen LogP contribution >= 0.6 is 0 Å². The second-order valence-corrected chi connectivity index (χ2v) is 2.55. The zero-order chi connectivity index (χ0) is 9.52. The van der Waals surface area contributed by atoms with E-state index >= 15 is 0 Å². The van der Waals surface area contributed by atoms with E-state index in [4.69, 9.17) is 4.84 Å². The van der Waals surface area contributed by atoms with Crippen LogP contribution in [0.25, 0.3) is 0 Å². The fraction of sp³-hybridized carbons (Fsp3) is 0.200. The van der Waals surface area contributed by atoms with E-state index < -0.39 is 0 Å². The Morgan fingerprint density at radius 3 is 3.23 bits per heavy atom. The largest absolute Gasteiger partial charge is 0.392 e. The predicted molar refractivity (Wildman–Crippen MR) is 52.7 cm³/mol. The first-order valence-electron chi connectivity index (χ1n) is 4.01. The first-order valence-corrected chi connectivity index (χ1v) is 4.01. The predicted octanol–water partition coefficient (Wildman–Crippen LogP) is 1.93. The maximum Gasteiger partial charge on any atom is 0.135 e. The summed E-state index contributed by atoms with van der Waals surface area (Å²) in [6.07, 6.45) is 6.83. The molecule has 0 aliphatic rings. The first-order chi connectivity index (χ1) is 6.34. The van der Waals surface area contributed by atoms with Crippen LogP contribution < -0.4 is 0 Å². The highest BCUT2D eigenvalue weighted by molar-refractivity contribution is 5.80. The number of aromatic nitrogens is 1. The average molecular weight is 176 g/mol. The van der Waals surface area contributed by atoms with Crippen LogP contribution in [0.15, 0.2) is 36.3 Å². The van der Waals surface area contributed by atoms with E-state index in [0.717, 1.165) is 11.1 Å². The van der Waals surface area contributed by atoms with Gasteiger partial charge in [-0.05, 0) is 18.6 Å². The van der Waals surface area contributed by atoms with Gasteiger partial charge in [0.25, 0.3) is 0 Å². The van der Waals surface area contributed by atoms with E-state index in [1.165, 1.54) is 0 Å². The molecule has 0 atom stereocenters. The molecule has 0 unspecified atom stereocenters. The third-order valence-electron chi connectivity index (χ3n) is 1.52. The summed E-state index contributed by atoms with van der Waals surface area (Å²) in [4.78, 5) is 8.84. The second kappa shape index (κ2) is 5.09. The second-order valence-electron chi connectivity index (χ2n) is 2.55. The van der Waals surface area contributed by atoms with Crippen LogP contribution in [0.3, 0.4) is 0 Å². The Labute approximate surface area is 77.7 Å². The molecular formula is C10H12N2O. The zero-order valence-corrected chi connectivity index (χ0v) is 7.60. The smallest absolute Gasteiger partial charge is 0.135 e. The van der Waals surface area contributed by atoms with Gasteiger partial charge in [-0.2, -0.15) is 0 Å². The van der Waals surface area contributed by atoms with Gasteiger partial charge in [-0.25, -0.2) is 0 Å². The molecule has 0 amide bonds. The van der Waals surface area contributed by atoms with E-state index in [-0.39, 0.29) is 0 Å². The molecule has 0 radical (unpaired) electrons. The summed E-state index contributed by atoms with van der Waals surface area (Å²) in [5, 5.41) is 3.77. The van der Waals surface area contributed by atoms with Crippen molar-refractivity contribution in [1.82, 2.24) is 4.98 Å². The van der Waals surface area contributed by atoms with Crippen molar-refractivity contribution in [2.45, 2.75) is 6.92 Å². The van der Waals surface area contributed by atoms with Crippen LogP contribution in [0, 0.1) is 6.92 Å². The Balaban J connectivity index is 2.58. The Bertz CT molecular complexity index is 308. The molecule has 1 heterocycles. The first kappa shape index (κ1) is 9.45. The van der Waals surface area contributed by atoms with Gasteiger partial charge < -0.3 is 4.84 Å². The summed E-state index contributed by atoms with van der Waals surface area (Å²) < 4.78 is 0. The highest BCUT2D eigenvalue weighted by Gasteiger charge is 1.91. The van der Waals surface area contributed by atoms with E-state index in [0.29, 0.717) is 6.61 Å². The summed E-state index contributed by atoms with van der Waals surface area (Å²) in [5.74, 6) is 0. The monoisotopic (exact) mass is 176 g/mol. The number of pyridine rings is 1. The van der Waals surface area contributed by atoms with Crippen molar-refractivity contribution < 1.29 is 4.84 Å². The summed E-state index contributed by atoms with van der Waals surface area (Å²) >= 11 is 0. The van der Waals surface area contributed by atoms with Crippen molar-refractivity contribution in [3.63, 3.8) is 0 Å². The summed E-state index contributed by atoms with van der Waals surface area (Å²) in [7, 11) is 0. The lowest BCUT2D eigenvalue weighted by atomic mass is 10.2. The third kappa shape index (κ3) is 3.07. The number of aryl methyl sites for hydroxylation is 1. The van der Waals surface area contributed by atoms with Crippen LogP contribution in [0.5, 0.6) is 0 Å². The van der Waals surface area contributed by atoms with Crippen LogP contribution in [0.1, 0.15) is 11.1 Å². The van der Waals surface area contributed by atoms with E-state index in [9.17, 15) is 0 Å². The van der Waals surface area contributed by atoms with Gasteiger partial charge in [-0.3, -0.25) is 4.98 Å². The fourth-order valence-corrected chi connectivity index (χ4v) is 0.819. The Kier molecular flexibility index (Phi) is 3.70. The van der Waals surface area contributed by atoms with Crippen molar-refractivity contribution in [1.29, 1.82) is 0 Å². The molecule has 0 saturated heterocycles. The maximum atomic E-state index is 4.87. The molecule has 3 heteroatoms. The molecule has 13 heavy (non-hydrogen) atoms. The lowest BCUT2D eigenvalue weighted by Crippen LogP contribution is -1.89. The molecule has 0 N–H and O–H groups in total. The van der Waals surface area contributed by atoms with Crippen LogP contribution in [-0.2, 0) is 4.84 Å². The van der Waals surface area contributed by atoms with Gasteiger partial charge in [0.1, 0.15) is 6.61 Å². The summed E-state index contributed by atoms with van der Waals surface area (Å²) in [6.45, 7) is 5.92. The van der Waals surface area contributed by atoms with E-state index in [1.807, 2.05) is 13.0 Å². The zero-order valence-electron chi connectivity index (χ0n) is 7.60. The molecule has 3 nitrogen and oxygen atoms in total. The van der Waals surface area contributed by atoms with E-state index in [1.54, 1.807) is 24.7 Å². The molecule has 0 aliphatic heterocycles. The molecule has 0 aromatic carbocycles. The Morgan fingerprint density at radius 1 is 1.69 bits per heavy atom. The topological polar surface area (TPSA) is 34.5 Å². The highest BCUT2D eigenvalue weighted by Crippen LogP contribution is 2.00. The fourth-order valence-electron chi connectivity index (χ4n) is 0.819. The quantitative estimate of drug-likeness (QED) is 0.304. The minimum absolute atomic E-state index is 0.431. The number of hydrogen-bond donors (Lipinski definition) is 0. The molecule has 0 bridgehead atoms. The Hall–Kier alpha value is -1.64. The third-order valence-corrected chi connectivity index (χ3v) is 1.52. The number of hydrogen-bond acceptors (Lipinski definition) is 3. The number of oxime groups is 1. The van der Waals surface area contributed by atoms with Crippen molar-refractivity contribution in [3.05, 3.63) is 42.2 Å². The lowest BCUT2D eigenvalue weighted by molar-refractivity contribution is 0.176. The van der Waals surface area contributed by atoms with Gasteiger partial charge in [0.15, 0.2) is 0 Å². The SMILES string of the molecule is C=CCO/N=C/c1ccncc1C. The lowest BCUT2D eigenvalue weighted by Gasteiger charge is -1.96. The maximum absolute atomic E-state index is 4.87. The minimum Gasteiger partial charge on any atom is -0.392 e. The normalized spacial score (nSPS) is 10.2. The number of rotatable bonds is 4. The van der Waals surface area contributed by atoms with Crippen molar-refractivity contribution in [2.24, 2.45) is 5.16 Å². The van der Waals surface area contributed by atoms with Crippen molar-refractivity contribution >= 4 is 6.21 Å². The van der Waals surface area contributed by atoms with Gasteiger partial charge in [-0.15, -0.1) is 0 Å². The van der Waals surface area contributed by atoms with E-state index in [2.05, 4.69) is 16.7 Å². The van der Waals surface area contributed by atoms with Crippen LogP contribution in [0.2, 0.25) is 0 Å². The van der Waals surface area contributed by atoms with Crippen molar-refractivity contribution in [3.8, 4) is 0 Å². The molecule has 0 spiro atoms. The summed E-state index contributed by atoms with van der Waals surface area (Å²) in [6, 6.07) is 1.89. The molecule has 1 aromatic rings. The molecule has 0 fully saturated rings. The molecule has 1 rings (SSSR count). The average Bonchev–Trinajstić information content (AvgIpc) is 2.15. The van der Waals surface area contributed by atoms with Gasteiger partial charge in [-0.1, -0.05) is 17.8 Å².